The normalized spacial score (nSPS) is 14.2. The lowest BCUT2D eigenvalue weighted by Crippen LogP contribution is -2.33. The average Bonchev–Trinajstić information content (AvgIpc) is 3.16. The quantitative estimate of drug-likeness (QED) is 0.224. The van der Waals surface area contributed by atoms with E-state index in [0.717, 1.165) is 16.9 Å². The lowest BCUT2D eigenvalue weighted by Gasteiger charge is -2.27. The number of nitrogens with zero attached hydrogens (tertiary/aromatic N) is 2. The van der Waals surface area contributed by atoms with Crippen LogP contribution in [0.4, 0.5) is 0 Å². The zero-order valence-corrected chi connectivity index (χ0v) is 21.2. The zero-order valence-electron chi connectivity index (χ0n) is 21.2. The van der Waals surface area contributed by atoms with E-state index in [-0.39, 0.29) is 6.61 Å². The number of para-hydroxylation sites is 2. The van der Waals surface area contributed by atoms with Crippen LogP contribution in [0.2, 0.25) is 0 Å². The minimum Gasteiger partial charge on any atom is -0.496 e. The fourth-order valence-electron chi connectivity index (χ4n) is 3.40. The van der Waals surface area contributed by atoms with Gasteiger partial charge in [-0.15, -0.1) is 0 Å². The van der Waals surface area contributed by atoms with Crippen LogP contribution in [0.15, 0.2) is 96.9 Å². The number of esters is 1. The summed E-state index contributed by atoms with van der Waals surface area (Å²) in [6.07, 6.45) is 11.3. The molecule has 7 nitrogen and oxygen atoms in total. The van der Waals surface area contributed by atoms with Gasteiger partial charge in [0, 0.05) is 5.57 Å². The van der Waals surface area contributed by atoms with Crippen molar-refractivity contribution in [2.45, 2.75) is 32.9 Å². The van der Waals surface area contributed by atoms with Gasteiger partial charge in [-0.05, 0) is 51.1 Å². The van der Waals surface area contributed by atoms with Crippen LogP contribution in [0.3, 0.4) is 0 Å². The summed E-state index contributed by atoms with van der Waals surface area (Å²) in [6.45, 7) is 13.1. The molecule has 0 bridgehead atoms. The smallest absolute Gasteiger partial charge is 0.337 e. The Kier molecular flexibility index (Phi) is 12.2. The largest absolute Gasteiger partial charge is 0.496 e. The number of hydrogen-bond donors (Lipinski definition) is 2. The molecule has 0 aliphatic rings. The summed E-state index contributed by atoms with van der Waals surface area (Å²) in [4.78, 5) is 15.5. The molecule has 0 spiro atoms. The van der Waals surface area contributed by atoms with E-state index in [2.05, 4.69) is 22.9 Å². The van der Waals surface area contributed by atoms with Crippen molar-refractivity contribution >= 4 is 17.0 Å². The number of aryl methyl sites for hydroxylation is 1. The molecular weight excluding hydrogens is 444 g/mol. The van der Waals surface area contributed by atoms with E-state index in [9.17, 15) is 9.90 Å². The summed E-state index contributed by atoms with van der Waals surface area (Å²) in [5.74, 6) is 0.985. The zero-order chi connectivity index (χ0) is 26.4. The van der Waals surface area contributed by atoms with Gasteiger partial charge in [-0.2, -0.15) is 0 Å². The predicted molar refractivity (Wildman–Crippen MR) is 141 cm³/mol. The molecule has 1 atom stereocenters. The molecule has 0 aliphatic heterocycles. The SMILES string of the molecule is C=C/C(OC)=C(\C=C/C)C(C)(O)Cn1c(C)nc2ccccc21.C=C/C=C(\C=C/CO)C(=O)OC. The number of imidazole rings is 1. The Bertz CT molecular complexity index is 1130. The van der Waals surface area contributed by atoms with Crippen LogP contribution in [0.5, 0.6) is 0 Å². The number of carbonyl (C=O) groups excluding carboxylic acids is 1. The molecule has 1 aromatic heterocycles. The van der Waals surface area contributed by atoms with Gasteiger partial charge in [0.1, 0.15) is 17.2 Å². The highest BCUT2D eigenvalue weighted by atomic mass is 16.5. The minimum atomic E-state index is -1.12. The Morgan fingerprint density at radius 2 is 1.89 bits per heavy atom. The maximum Gasteiger partial charge on any atom is 0.337 e. The van der Waals surface area contributed by atoms with Crippen molar-refractivity contribution in [1.29, 1.82) is 0 Å². The van der Waals surface area contributed by atoms with E-state index < -0.39 is 11.6 Å². The predicted octanol–water partition coefficient (Wildman–Crippen LogP) is 4.58. The number of rotatable bonds is 10. The Hall–Kier alpha value is -3.68. The monoisotopic (exact) mass is 480 g/mol. The van der Waals surface area contributed by atoms with Crippen LogP contribution >= 0.6 is 0 Å². The number of ether oxygens (including phenoxy) is 2. The van der Waals surface area contributed by atoms with Crippen LogP contribution in [-0.4, -0.2) is 52.2 Å². The average molecular weight is 481 g/mol. The molecule has 2 N–H and O–H groups in total. The van der Waals surface area contributed by atoms with Crippen molar-refractivity contribution in [1.82, 2.24) is 9.55 Å². The second-order valence-electron chi connectivity index (χ2n) is 7.63. The Morgan fingerprint density at radius 3 is 2.43 bits per heavy atom. The number of benzene rings is 1. The van der Waals surface area contributed by atoms with E-state index in [1.54, 1.807) is 20.1 Å². The van der Waals surface area contributed by atoms with E-state index in [0.29, 0.717) is 23.5 Å². The van der Waals surface area contributed by atoms with Crippen molar-refractivity contribution in [3.8, 4) is 0 Å². The number of methoxy groups -OCH3 is 2. The Morgan fingerprint density at radius 1 is 1.20 bits per heavy atom. The van der Waals surface area contributed by atoms with Crippen molar-refractivity contribution in [2.24, 2.45) is 0 Å². The Balaban J connectivity index is 0.000000434. The number of aliphatic hydroxyl groups is 2. The molecule has 0 saturated heterocycles. The third kappa shape index (κ3) is 8.24. The highest BCUT2D eigenvalue weighted by molar-refractivity contribution is 5.91. The van der Waals surface area contributed by atoms with Gasteiger partial charge in [0.15, 0.2) is 0 Å². The van der Waals surface area contributed by atoms with Crippen molar-refractivity contribution in [2.75, 3.05) is 20.8 Å². The molecule has 7 heteroatoms. The number of fused-ring (bicyclic) bond motifs is 1. The molecule has 0 aliphatic carbocycles. The van der Waals surface area contributed by atoms with E-state index in [1.165, 1.54) is 31.4 Å². The van der Waals surface area contributed by atoms with Gasteiger partial charge in [0.2, 0.25) is 0 Å². The molecule has 1 unspecified atom stereocenters. The summed E-state index contributed by atoms with van der Waals surface area (Å²) < 4.78 is 11.9. The second-order valence-corrected chi connectivity index (χ2v) is 7.63. The molecule has 0 fully saturated rings. The molecule has 35 heavy (non-hydrogen) atoms. The van der Waals surface area contributed by atoms with Crippen molar-refractivity contribution < 1.29 is 24.5 Å². The lowest BCUT2D eigenvalue weighted by molar-refractivity contribution is -0.135. The molecule has 0 saturated carbocycles. The highest BCUT2D eigenvalue weighted by Crippen LogP contribution is 2.27. The fraction of sp³-hybridized carbons (Fsp3) is 0.286. The first-order valence-electron chi connectivity index (χ1n) is 11.1. The summed E-state index contributed by atoms with van der Waals surface area (Å²) in [5, 5.41) is 19.6. The van der Waals surface area contributed by atoms with Gasteiger partial charge >= 0.3 is 5.97 Å². The Labute approximate surface area is 207 Å². The third-order valence-electron chi connectivity index (χ3n) is 5.02. The summed E-state index contributed by atoms with van der Waals surface area (Å²) in [6, 6.07) is 7.92. The molecule has 1 heterocycles. The van der Waals surface area contributed by atoms with Gasteiger partial charge in [0.05, 0.1) is 44.0 Å². The standard InChI is InChI=1S/C19H24N2O2.C9H12O3/c1-6-10-15(18(7-2)23-5)19(4,22)13-21-14(3)20-16-11-8-9-12-17(16)21;1-3-5-8(6-4-7-10)9(11)12-2/h6-12,22H,2,13H2,1,3-5H3;3-6,10H,1,7H2,2H3/b10-6-,18-15-;6-4-,8-5+. The number of carbonyl (C=O) groups is 1. The molecular formula is C28H36N2O5. The van der Waals surface area contributed by atoms with Gasteiger partial charge in [-0.3, -0.25) is 0 Å². The van der Waals surface area contributed by atoms with Crippen LogP contribution in [0.1, 0.15) is 19.7 Å². The summed E-state index contributed by atoms with van der Waals surface area (Å²) >= 11 is 0. The van der Waals surface area contributed by atoms with E-state index in [4.69, 9.17) is 9.84 Å². The number of hydrogen-bond acceptors (Lipinski definition) is 6. The number of aliphatic hydroxyl groups excluding tert-OH is 1. The molecule has 0 radical (unpaired) electrons. The van der Waals surface area contributed by atoms with Crippen molar-refractivity contribution in [3.05, 3.63) is 103 Å². The van der Waals surface area contributed by atoms with Crippen LogP contribution in [-0.2, 0) is 20.8 Å². The van der Waals surface area contributed by atoms with Crippen LogP contribution < -0.4 is 0 Å². The summed E-state index contributed by atoms with van der Waals surface area (Å²) in [5.41, 5.74) is 1.85. The van der Waals surface area contributed by atoms with Crippen molar-refractivity contribution in [3.63, 3.8) is 0 Å². The molecule has 1 aromatic carbocycles. The van der Waals surface area contributed by atoms with Gasteiger partial charge < -0.3 is 24.3 Å². The molecule has 0 amide bonds. The molecule has 2 aromatic rings. The van der Waals surface area contributed by atoms with Gasteiger partial charge in [-0.1, -0.05) is 49.6 Å². The first-order chi connectivity index (χ1) is 16.7. The maximum atomic E-state index is 11.1. The first-order valence-corrected chi connectivity index (χ1v) is 11.1. The van der Waals surface area contributed by atoms with Gasteiger partial charge in [0.25, 0.3) is 0 Å². The minimum absolute atomic E-state index is 0.106. The maximum absolute atomic E-state index is 11.1. The fourth-order valence-corrected chi connectivity index (χ4v) is 3.40. The molecule has 188 valence electrons. The number of allylic oxidation sites excluding steroid dienone is 4. The topological polar surface area (TPSA) is 93.8 Å². The lowest BCUT2D eigenvalue weighted by atomic mass is 9.93. The van der Waals surface area contributed by atoms with Crippen LogP contribution in [0, 0.1) is 6.92 Å². The third-order valence-corrected chi connectivity index (χ3v) is 5.02. The molecule has 2 rings (SSSR count). The first kappa shape index (κ1) is 29.4. The summed E-state index contributed by atoms with van der Waals surface area (Å²) in [7, 11) is 2.88. The van der Waals surface area contributed by atoms with E-state index >= 15 is 0 Å². The highest BCUT2D eigenvalue weighted by Gasteiger charge is 2.29. The second kappa shape index (κ2) is 14.6. The van der Waals surface area contributed by atoms with Gasteiger partial charge in [-0.25, -0.2) is 9.78 Å². The number of aromatic nitrogens is 2. The van der Waals surface area contributed by atoms with E-state index in [1.807, 2.05) is 54.8 Å². The van der Waals surface area contributed by atoms with Crippen LogP contribution in [0.25, 0.3) is 11.0 Å².